The summed E-state index contributed by atoms with van der Waals surface area (Å²) in [4.78, 5) is 11.0. The zero-order chi connectivity index (χ0) is 13.1. The van der Waals surface area contributed by atoms with Crippen LogP contribution in [0.4, 0.5) is 11.4 Å². The zero-order valence-electron chi connectivity index (χ0n) is 9.01. The van der Waals surface area contributed by atoms with Crippen molar-refractivity contribution in [3.63, 3.8) is 0 Å². The van der Waals surface area contributed by atoms with Gasteiger partial charge in [0.15, 0.2) is 0 Å². The van der Waals surface area contributed by atoms with E-state index in [4.69, 9.17) is 16.6 Å². The number of nitrogen functional groups attached to an aromatic ring is 1. The number of benzene rings is 1. The minimum absolute atomic E-state index is 0.140. The predicted molar refractivity (Wildman–Crippen MR) is 65.8 cm³/mol. The van der Waals surface area contributed by atoms with Crippen molar-refractivity contribution in [3.8, 4) is 0 Å². The third-order valence-corrected chi connectivity index (χ3v) is 2.81. The van der Waals surface area contributed by atoms with Gasteiger partial charge in [-0.1, -0.05) is 0 Å². The van der Waals surface area contributed by atoms with E-state index in [0.717, 1.165) is 0 Å². The molecule has 8 heteroatoms. The summed E-state index contributed by atoms with van der Waals surface area (Å²) in [7, 11) is -3.51. The molecule has 94 valence electrons. The molecule has 0 aliphatic heterocycles. The fourth-order valence-corrected chi connectivity index (χ4v) is 1.60. The van der Waals surface area contributed by atoms with Crippen LogP contribution in [0.15, 0.2) is 18.2 Å². The van der Waals surface area contributed by atoms with Crippen LogP contribution in [0.1, 0.15) is 10.4 Å². The molecule has 0 aromatic heterocycles. The number of sulfonamides is 1. The van der Waals surface area contributed by atoms with E-state index in [9.17, 15) is 13.2 Å². The highest BCUT2D eigenvalue weighted by molar-refractivity contribution is 7.89. The third-order valence-electron chi connectivity index (χ3n) is 2.03. The molecule has 0 heterocycles. The van der Waals surface area contributed by atoms with Crippen LogP contribution >= 0.6 is 0 Å². The van der Waals surface area contributed by atoms with E-state index in [1.807, 2.05) is 0 Å². The molecular weight excluding hydrogens is 244 g/mol. The summed E-state index contributed by atoms with van der Waals surface area (Å²) < 4.78 is 21.4. The lowest BCUT2D eigenvalue weighted by Gasteiger charge is -2.08. The Bertz CT molecular complexity index is 527. The molecule has 7 nitrogen and oxygen atoms in total. The quantitative estimate of drug-likeness (QED) is 0.505. The minimum Gasteiger partial charge on any atom is -0.398 e. The van der Waals surface area contributed by atoms with Gasteiger partial charge in [-0.25, -0.2) is 13.6 Å². The Morgan fingerprint density at radius 3 is 2.53 bits per heavy atom. The maximum Gasteiger partial charge on any atom is 0.250 e. The molecule has 0 fully saturated rings. The zero-order valence-corrected chi connectivity index (χ0v) is 9.83. The highest BCUT2D eigenvalue weighted by Gasteiger charge is 2.07. The Hall–Kier alpha value is -1.80. The van der Waals surface area contributed by atoms with Gasteiger partial charge in [-0.15, -0.1) is 0 Å². The topological polar surface area (TPSA) is 141 Å². The summed E-state index contributed by atoms with van der Waals surface area (Å²) in [6.07, 6.45) is 0. The van der Waals surface area contributed by atoms with Gasteiger partial charge in [-0.05, 0) is 18.2 Å². The van der Waals surface area contributed by atoms with E-state index in [-0.39, 0.29) is 23.5 Å². The fourth-order valence-electron chi connectivity index (χ4n) is 1.22. The highest BCUT2D eigenvalue weighted by atomic mass is 32.2. The van der Waals surface area contributed by atoms with Crippen molar-refractivity contribution in [2.45, 2.75) is 0 Å². The lowest BCUT2D eigenvalue weighted by Crippen LogP contribution is -2.22. The molecule has 0 spiro atoms. The molecule has 0 radical (unpaired) electrons. The Morgan fingerprint density at radius 1 is 1.35 bits per heavy atom. The van der Waals surface area contributed by atoms with Gasteiger partial charge < -0.3 is 16.8 Å². The van der Waals surface area contributed by atoms with Crippen LogP contribution < -0.4 is 21.9 Å². The van der Waals surface area contributed by atoms with Crippen molar-refractivity contribution in [2.75, 3.05) is 23.3 Å². The first kappa shape index (κ1) is 13.3. The van der Waals surface area contributed by atoms with Crippen LogP contribution in [0.25, 0.3) is 0 Å². The second-order valence-electron chi connectivity index (χ2n) is 3.46. The van der Waals surface area contributed by atoms with Crippen LogP contribution in [0.3, 0.4) is 0 Å². The van der Waals surface area contributed by atoms with Crippen molar-refractivity contribution in [3.05, 3.63) is 23.8 Å². The maximum atomic E-state index is 11.0. The van der Waals surface area contributed by atoms with E-state index in [2.05, 4.69) is 5.32 Å². The number of amides is 1. The molecule has 0 saturated carbocycles. The van der Waals surface area contributed by atoms with Crippen LogP contribution in [0.5, 0.6) is 0 Å². The number of rotatable bonds is 5. The van der Waals surface area contributed by atoms with E-state index in [1.54, 1.807) is 6.07 Å². The molecule has 1 aromatic carbocycles. The van der Waals surface area contributed by atoms with E-state index >= 15 is 0 Å². The second-order valence-corrected chi connectivity index (χ2v) is 5.19. The Labute approximate surface area is 99.0 Å². The van der Waals surface area contributed by atoms with Gasteiger partial charge in [0.05, 0.1) is 11.3 Å². The smallest absolute Gasteiger partial charge is 0.250 e. The van der Waals surface area contributed by atoms with E-state index in [1.165, 1.54) is 12.1 Å². The molecule has 0 aliphatic carbocycles. The molecule has 0 unspecified atom stereocenters. The fraction of sp³-hybridized carbons (Fsp3) is 0.222. The number of anilines is 2. The number of primary sulfonamides is 1. The van der Waals surface area contributed by atoms with Crippen LogP contribution in [-0.2, 0) is 10.0 Å². The number of carbonyl (C=O) groups excluding carboxylic acids is 1. The maximum absolute atomic E-state index is 11.0. The molecule has 17 heavy (non-hydrogen) atoms. The van der Waals surface area contributed by atoms with Crippen LogP contribution in [0, 0.1) is 0 Å². The van der Waals surface area contributed by atoms with Crippen LogP contribution in [0.2, 0.25) is 0 Å². The van der Waals surface area contributed by atoms with Gasteiger partial charge in [0.25, 0.3) is 5.91 Å². The van der Waals surface area contributed by atoms with Crippen molar-refractivity contribution >= 4 is 27.3 Å². The standard InChI is InChI=1S/C9H14N4O3S/c10-8-2-1-6(5-7(8)9(11)14)13-3-4-17(12,15)16/h1-2,5,13H,3-4,10H2,(H2,11,14)(H2,12,15,16). The van der Waals surface area contributed by atoms with Crippen LogP contribution in [-0.4, -0.2) is 26.6 Å². The Kier molecular flexibility index (Phi) is 3.92. The summed E-state index contributed by atoms with van der Waals surface area (Å²) in [5.41, 5.74) is 11.7. The molecule has 0 atom stereocenters. The molecule has 1 amide bonds. The van der Waals surface area contributed by atoms with Crippen molar-refractivity contribution < 1.29 is 13.2 Å². The average Bonchev–Trinajstić information content (AvgIpc) is 2.18. The SMILES string of the molecule is NC(=O)c1cc(NCCS(N)(=O)=O)ccc1N. The van der Waals surface area contributed by atoms with E-state index < -0.39 is 15.9 Å². The van der Waals surface area contributed by atoms with Gasteiger partial charge in [0, 0.05) is 17.9 Å². The number of carbonyl (C=O) groups is 1. The Morgan fingerprint density at radius 2 is 2.00 bits per heavy atom. The predicted octanol–water partition coefficient (Wildman–Crippen LogP) is -0.932. The summed E-state index contributed by atoms with van der Waals surface area (Å²) >= 11 is 0. The first-order valence-electron chi connectivity index (χ1n) is 4.73. The van der Waals surface area contributed by atoms with Gasteiger partial charge in [-0.3, -0.25) is 4.79 Å². The number of nitrogens with one attached hydrogen (secondary N) is 1. The number of hydrogen-bond acceptors (Lipinski definition) is 5. The number of hydrogen-bond donors (Lipinski definition) is 4. The van der Waals surface area contributed by atoms with Crippen molar-refractivity contribution in [2.24, 2.45) is 10.9 Å². The largest absolute Gasteiger partial charge is 0.398 e. The summed E-state index contributed by atoms with van der Waals surface area (Å²) in [6, 6.07) is 4.59. The normalized spacial score (nSPS) is 11.1. The summed E-state index contributed by atoms with van der Waals surface area (Å²) in [5, 5.41) is 7.64. The van der Waals surface area contributed by atoms with E-state index in [0.29, 0.717) is 5.69 Å². The van der Waals surface area contributed by atoms with Crippen molar-refractivity contribution in [1.29, 1.82) is 0 Å². The first-order chi connectivity index (χ1) is 7.79. The molecule has 0 saturated heterocycles. The third kappa shape index (κ3) is 4.29. The van der Waals surface area contributed by atoms with Gasteiger partial charge in [-0.2, -0.15) is 0 Å². The lowest BCUT2D eigenvalue weighted by atomic mass is 10.1. The minimum atomic E-state index is -3.51. The van der Waals surface area contributed by atoms with Gasteiger partial charge in [0.1, 0.15) is 0 Å². The van der Waals surface area contributed by atoms with Crippen molar-refractivity contribution in [1.82, 2.24) is 0 Å². The molecule has 1 aromatic rings. The summed E-state index contributed by atoms with van der Waals surface area (Å²) in [6.45, 7) is 0.140. The number of nitrogens with two attached hydrogens (primary N) is 3. The first-order valence-corrected chi connectivity index (χ1v) is 6.45. The molecule has 0 aliphatic rings. The highest BCUT2D eigenvalue weighted by Crippen LogP contribution is 2.17. The molecular formula is C9H14N4O3S. The van der Waals surface area contributed by atoms with Gasteiger partial charge >= 0.3 is 0 Å². The lowest BCUT2D eigenvalue weighted by molar-refractivity contribution is 0.100. The van der Waals surface area contributed by atoms with Gasteiger partial charge in [0.2, 0.25) is 10.0 Å². The molecule has 7 N–H and O–H groups in total. The monoisotopic (exact) mass is 258 g/mol. The number of primary amides is 1. The molecule has 0 bridgehead atoms. The second kappa shape index (κ2) is 5.02. The average molecular weight is 258 g/mol. The Balaban J connectivity index is 2.73. The molecule has 1 rings (SSSR count). The summed E-state index contributed by atoms with van der Waals surface area (Å²) in [5.74, 6) is -0.846.